The van der Waals surface area contributed by atoms with Gasteiger partial charge in [0.15, 0.2) is 5.17 Å². The minimum Gasteiger partial charge on any atom is -0.355 e. The lowest BCUT2D eigenvalue weighted by Gasteiger charge is -2.23. The summed E-state index contributed by atoms with van der Waals surface area (Å²) in [6.07, 6.45) is 15.6. The molecule has 2 atom stereocenters. The topological polar surface area (TPSA) is 73.8 Å². The van der Waals surface area contributed by atoms with Crippen LogP contribution in [0.4, 0.5) is 0 Å². The Kier molecular flexibility index (Phi) is 12.1. The van der Waals surface area contributed by atoms with E-state index in [1.807, 2.05) is 68.6 Å². The van der Waals surface area contributed by atoms with Gasteiger partial charge in [0.05, 0.1) is 12.1 Å². The maximum atomic E-state index is 12.2. The highest BCUT2D eigenvalue weighted by molar-refractivity contribution is 8.13. The second-order valence-corrected chi connectivity index (χ2v) is 8.92. The maximum absolute atomic E-state index is 12.2. The molecule has 1 aromatic carbocycles. The van der Waals surface area contributed by atoms with E-state index < -0.39 is 0 Å². The predicted octanol–water partition coefficient (Wildman–Crippen LogP) is 4.24. The summed E-state index contributed by atoms with van der Waals surface area (Å²) in [5.74, 6) is 0.998. The summed E-state index contributed by atoms with van der Waals surface area (Å²) in [6, 6.07) is 9.90. The molecule has 0 bridgehead atoms. The molecule has 1 heterocycles. The number of rotatable bonds is 7. The molecule has 0 spiro atoms. The number of hydrogen-bond acceptors (Lipinski definition) is 4. The lowest BCUT2D eigenvalue weighted by molar-refractivity contribution is -0.131. The SMILES string of the molecule is CCSC(=NC)NC1C=CC=CC=C1.CC[C@H](NC(=O)[C@@H]1CCCN1C=O)c1ccccc1. The number of amides is 2. The first-order valence-electron chi connectivity index (χ1n) is 11.6. The van der Waals surface area contributed by atoms with Crippen molar-refractivity contribution in [1.82, 2.24) is 15.5 Å². The van der Waals surface area contributed by atoms with E-state index in [-0.39, 0.29) is 24.0 Å². The van der Waals surface area contributed by atoms with Crippen LogP contribution in [0.1, 0.15) is 44.7 Å². The molecule has 1 fully saturated rings. The van der Waals surface area contributed by atoms with Crippen molar-refractivity contribution in [1.29, 1.82) is 0 Å². The Bertz CT molecular complexity index is 835. The van der Waals surface area contributed by atoms with E-state index in [0.717, 1.165) is 42.2 Å². The normalized spacial score (nSPS) is 18.8. The molecule has 1 saturated heterocycles. The second-order valence-electron chi connectivity index (χ2n) is 7.67. The highest BCUT2D eigenvalue weighted by Crippen LogP contribution is 2.19. The molecule has 1 aromatic rings. The highest BCUT2D eigenvalue weighted by atomic mass is 32.2. The van der Waals surface area contributed by atoms with Gasteiger partial charge in [-0.1, -0.05) is 92.4 Å². The number of amidine groups is 1. The Morgan fingerprint density at radius 3 is 2.45 bits per heavy atom. The molecule has 1 aliphatic carbocycles. The van der Waals surface area contributed by atoms with Gasteiger partial charge in [-0.25, -0.2) is 0 Å². The van der Waals surface area contributed by atoms with Crippen LogP contribution in [0.5, 0.6) is 0 Å². The molecule has 1 aliphatic heterocycles. The summed E-state index contributed by atoms with van der Waals surface area (Å²) in [4.78, 5) is 28.9. The van der Waals surface area contributed by atoms with Crippen LogP contribution in [0.25, 0.3) is 0 Å². The Morgan fingerprint density at radius 1 is 1.18 bits per heavy atom. The van der Waals surface area contributed by atoms with E-state index in [9.17, 15) is 9.59 Å². The number of aliphatic imine (C=N–C) groups is 1. The van der Waals surface area contributed by atoms with Crippen molar-refractivity contribution in [2.24, 2.45) is 4.99 Å². The van der Waals surface area contributed by atoms with Crippen LogP contribution in [0.2, 0.25) is 0 Å². The Morgan fingerprint density at radius 2 is 1.88 bits per heavy atom. The van der Waals surface area contributed by atoms with Crippen LogP contribution in [0, 0.1) is 0 Å². The molecule has 2 N–H and O–H groups in total. The van der Waals surface area contributed by atoms with Crippen molar-refractivity contribution in [2.75, 3.05) is 19.3 Å². The van der Waals surface area contributed by atoms with Gasteiger partial charge in [0.2, 0.25) is 12.3 Å². The van der Waals surface area contributed by atoms with Gasteiger partial charge in [0.1, 0.15) is 6.04 Å². The number of nitrogens with one attached hydrogen (secondary N) is 2. The van der Waals surface area contributed by atoms with Crippen LogP contribution in [0.3, 0.4) is 0 Å². The van der Waals surface area contributed by atoms with Gasteiger partial charge >= 0.3 is 0 Å². The van der Waals surface area contributed by atoms with Gasteiger partial charge in [-0.15, -0.1) is 0 Å². The second kappa shape index (κ2) is 15.1. The first kappa shape index (κ1) is 26.5. The number of likely N-dealkylation sites (tertiary alicyclic amines) is 1. The van der Waals surface area contributed by atoms with E-state index in [2.05, 4.69) is 34.7 Å². The molecule has 0 radical (unpaired) electrons. The molecule has 7 heteroatoms. The van der Waals surface area contributed by atoms with Crippen molar-refractivity contribution < 1.29 is 9.59 Å². The number of hydrogen-bond donors (Lipinski definition) is 2. The summed E-state index contributed by atoms with van der Waals surface area (Å²) in [7, 11) is 1.81. The van der Waals surface area contributed by atoms with Crippen molar-refractivity contribution in [3.8, 4) is 0 Å². The van der Waals surface area contributed by atoms with Crippen LogP contribution in [0.15, 0.2) is 71.8 Å². The van der Waals surface area contributed by atoms with Gasteiger partial charge in [-0.3, -0.25) is 14.6 Å². The lowest BCUT2D eigenvalue weighted by atomic mass is 10.0. The van der Waals surface area contributed by atoms with Gasteiger partial charge in [0, 0.05) is 13.6 Å². The molecule has 3 rings (SSSR count). The van der Waals surface area contributed by atoms with Crippen molar-refractivity contribution >= 4 is 29.2 Å². The molecule has 2 amide bonds. The molecule has 0 unspecified atom stereocenters. The van der Waals surface area contributed by atoms with Crippen LogP contribution in [-0.2, 0) is 9.59 Å². The van der Waals surface area contributed by atoms with Crippen LogP contribution >= 0.6 is 11.8 Å². The van der Waals surface area contributed by atoms with Crippen molar-refractivity contribution in [3.63, 3.8) is 0 Å². The Balaban J connectivity index is 0.000000245. The third-order valence-electron chi connectivity index (χ3n) is 5.40. The van der Waals surface area contributed by atoms with Crippen LogP contribution < -0.4 is 10.6 Å². The fraction of sp³-hybridized carbons (Fsp3) is 0.423. The summed E-state index contributed by atoms with van der Waals surface area (Å²) < 4.78 is 0. The zero-order chi connectivity index (χ0) is 23.9. The highest BCUT2D eigenvalue weighted by Gasteiger charge is 2.30. The summed E-state index contributed by atoms with van der Waals surface area (Å²) >= 11 is 1.73. The number of carbonyl (C=O) groups excluding carboxylic acids is 2. The third-order valence-corrected chi connectivity index (χ3v) is 6.27. The maximum Gasteiger partial charge on any atom is 0.243 e. The number of carbonyl (C=O) groups is 2. The van der Waals surface area contributed by atoms with E-state index in [1.165, 1.54) is 0 Å². The number of nitrogens with zero attached hydrogens (tertiary/aromatic N) is 2. The molecular weight excluding hydrogens is 432 g/mol. The third kappa shape index (κ3) is 8.92. The molecule has 2 aliphatic rings. The Labute approximate surface area is 202 Å². The van der Waals surface area contributed by atoms with E-state index in [4.69, 9.17) is 0 Å². The quantitative estimate of drug-likeness (QED) is 0.357. The molecule has 0 saturated carbocycles. The molecule has 6 nitrogen and oxygen atoms in total. The smallest absolute Gasteiger partial charge is 0.243 e. The minimum absolute atomic E-state index is 0.0165. The van der Waals surface area contributed by atoms with Gasteiger partial charge in [-0.2, -0.15) is 0 Å². The van der Waals surface area contributed by atoms with Gasteiger partial charge in [-0.05, 0) is 30.6 Å². The predicted molar refractivity (Wildman–Crippen MR) is 139 cm³/mol. The van der Waals surface area contributed by atoms with Crippen LogP contribution in [-0.4, -0.2) is 53.8 Å². The molecule has 33 heavy (non-hydrogen) atoms. The Hall–Kier alpha value is -2.80. The molecule has 178 valence electrons. The first-order chi connectivity index (χ1) is 16.1. The van der Waals surface area contributed by atoms with Gasteiger partial charge in [0.25, 0.3) is 0 Å². The van der Waals surface area contributed by atoms with E-state index in [1.54, 1.807) is 16.7 Å². The molecule has 0 aromatic heterocycles. The lowest BCUT2D eigenvalue weighted by Crippen LogP contribution is -2.43. The zero-order valence-electron chi connectivity index (χ0n) is 19.8. The fourth-order valence-electron chi connectivity index (χ4n) is 3.68. The van der Waals surface area contributed by atoms with Crippen molar-refractivity contribution in [2.45, 2.75) is 51.2 Å². The standard InChI is InChI=1S/C15H20N2O2.C11H16N2S/c1-2-13(12-7-4-3-5-8-12)16-15(19)14-9-6-10-17(14)11-18;1-3-14-11(12-2)13-10-8-6-4-5-7-9-10/h3-5,7-8,11,13-14H,2,6,9-10H2,1H3,(H,16,19);4-10H,3H2,1-2H3,(H,12,13)/t13-,14-;/m0./s1. The average molecular weight is 469 g/mol. The van der Waals surface area contributed by atoms with Gasteiger partial charge < -0.3 is 15.5 Å². The monoisotopic (exact) mass is 468 g/mol. The molecular formula is C26H36N4O2S. The summed E-state index contributed by atoms with van der Waals surface area (Å²) in [5, 5.41) is 7.39. The summed E-state index contributed by atoms with van der Waals surface area (Å²) in [5.41, 5.74) is 1.11. The number of benzene rings is 1. The number of thioether (sulfide) groups is 1. The number of allylic oxidation sites excluding steroid dienone is 4. The zero-order valence-corrected chi connectivity index (χ0v) is 20.6. The largest absolute Gasteiger partial charge is 0.355 e. The summed E-state index contributed by atoms with van der Waals surface area (Å²) in [6.45, 7) is 4.85. The fourth-order valence-corrected chi connectivity index (χ4v) is 4.30. The first-order valence-corrected chi connectivity index (χ1v) is 12.6. The minimum atomic E-state index is -0.296. The van der Waals surface area contributed by atoms with E-state index in [0.29, 0.717) is 6.54 Å². The van der Waals surface area contributed by atoms with E-state index >= 15 is 0 Å². The average Bonchev–Trinajstić information content (AvgIpc) is 3.19. The van der Waals surface area contributed by atoms with Crippen molar-refractivity contribution in [3.05, 3.63) is 72.4 Å².